The molecule has 2 aromatic rings. The standard InChI is InChI=1S/C19H16IN3O3/c1-2-26-19(25)13-3-7-17(8-4-13)23-18(24)14(11-21)12-22-16-9-5-15(20)6-10-16/h3-10,12,22H,2H2,1H3,(H,23,24)/b14-12-. The zero-order valence-electron chi connectivity index (χ0n) is 14.0. The fourth-order valence-corrected chi connectivity index (χ4v) is 2.31. The molecule has 0 aliphatic rings. The smallest absolute Gasteiger partial charge is 0.338 e. The maximum Gasteiger partial charge on any atom is 0.338 e. The van der Waals surface area contributed by atoms with Gasteiger partial charge in [0, 0.05) is 21.1 Å². The summed E-state index contributed by atoms with van der Waals surface area (Å²) < 4.78 is 5.98. The van der Waals surface area contributed by atoms with Crippen LogP contribution in [0.25, 0.3) is 0 Å². The van der Waals surface area contributed by atoms with E-state index in [0.717, 1.165) is 9.26 Å². The summed E-state index contributed by atoms with van der Waals surface area (Å²) in [7, 11) is 0. The average Bonchev–Trinajstić information content (AvgIpc) is 2.64. The first-order chi connectivity index (χ1) is 12.5. The first kappa shape index (κ1) is 19.5. The summed E-state index contributed by atoms with van der Waals surface area (Å²) >= 11 is 2.19. The van der Waals surface area contributed by atoms with Crippen molar-refractivity contribution in [3.8, 4) is 6.07 Å². The van der Waals surface area contributed by atoms with Crippen LogP contribution in [0.1, 0.15) is 17.3 Å². The molecule has 0 saturated heterocycles. The number of benzene rings is 2. The number of ether oxygens (including phenoxy) is 1. The van der Waals surface area contributed by atoms with E-state index >= 15 is 0 Å². The molecule has 0 heterocycles. The van der Waals surface area contributed by atoms with Gasteiger partial charge in [0.25, 0.3) is 5.91 Å². The fourth-order valence-electron chi connectivity index (χ4n) is 1.95. The number of hydrogen-bond acceptors (Lipinski definition) is 5. The summed E-state index contributed by atoms with van der Waals surface area (Å²) in [6, 6.07) is 15.6. The summed E-state index contributed by atoms with van der Waals surface area (Å²) in [5.74, 6) is -0.973. The van der Waals surface area contributed by atoms with E-state index in [-0.39, 0.29) is 5.57 Å². The summed E-state index contributed by atoms with van der Waals surface area (Å²) in [4.78, 5) is 23.8. The number of nitriles is 1. The van der Waals surface area contributed by atoms with Gasteiger partial charge in [0.15, 0.2) is 0 Å². The second-order valence-electron chi connectivity index (χ2n) is 5.07. The average molecular weight is 461 g/mol. The monoisotopic (exact) mass is 461 g/mol. The van der Waals surface area contributed by atoms with Crippen molar-refractivity contribution < 1.29 is 14.3 Å². The molecule has 0 unspecified atom stereocenters. The van der Waals surface area contributed by atoms with E-state index in [1.165, 1.54) is 6.20 Å². The molecular formula is C19H16IN3O3. The molecule has 2 aromatic carbocycles. The van der Waals surface area contributed by atoms with Crippen LogP contribution in [0.15, 0.2) is 60.3 Å². The molecule has 0 radical (unpaired) electrons. The van der Waals surface area contributed by atoms with E-state index in [9.17, 15) is 14.9 Å². The van der Waals surface area contributed by atoms with Crippen molar-refractivity contribution in [2.45, 2.75) is 6.92 Å². The minimum absolute atomic E-state index is 0.0713. The van der Waals surface area contributed by atoms with E-state index in [2.05, 4.69) is 33.2 Å². The molecule has 1 amide bonds. The van der Waals surface area contributed by atoms with Gasteiger partial charge in [-0.2, -0.15) is 5.26 Å². The van der Waals surface area contributed by atoms with Gasteiger partial charge in [-0.1, -0.05) is 0 Å². The lowest BCUT2D eigenvalue weighted by Gasteiger charge is -2.06. The quantitative estimate of drug-likeness (QED) is 0.295. The third kappa shape index (κ3) is 5.60. The van der Waals surface area contributed by atoms with Crippen LogP contribution in [0.4, 0.5) is 11.4 Å². The highest BCUT2D eigenvalue weighted by Gasteiger charge is 2.11. The van der Waals surface area contributed by atoms with Gasteiger partial charge in [0.1, 0.15) is 11.6 Å². The topological polar surface area (TPSA) is 91.2 Å². The molecule has 2 N–H and O–H groups in total. The molecule has 132 valence electrons. The Morgan fingerprint density at radius 1 is 1.12 bits per heavy atom. The third-order valence-corrected chi connectivity index (χ3v) is 3.97. The normalized spacial score (nSPS) is 10.6. The molecular weight excluding hydrogens is 445 g/mol. The Balaban J connectivity index is 2.02. The van der Waals surface area contributed by atoms with Gasteiger partial charge in [-0.15, -0.1) is 0 Å². The van der Waals surface area contributed by atoms with Gasteiger partial charge >= 0.3 is 5.97 Å². The molecule has 0 atom stereocenters. The van der Waals surface area contributed by atoms with Crippen molar-refractivity contribution in [1.29, 1.82) is 5.26 Å². The van der Waals surface area contributed by atoms with E-state index in [0.29, 0.717) is 17.9 Å². The highest BCUT2D eigenvalue weighted by molar-refractivity contribution is 14.1. The number of halogens is 1. The molecule has 0 aliphatic heterocycles. The van der Waals surface area contributed by atoms with Gasteiger partial charge in [-0.25, -0.2) is 4.79 Å². The number of nitrogens with zero attached hydrogens (tertiary/aromatic N) is 1. The van der Waals surface area contributed by atoms with Gasteiger partial charge in [0.2, 0.25) is 0 Å². The van der Waals surface area contributed by atoms with Crippen LogP contribution < -0.4 is 10.6 Å². The van der Waals surface area contributed by atoms with Gasteiger partial charge in [0.05, 0.1) is 12.2 Å². The molecule has 0 bridgehead atoms. The van der Waals surface area contributed by atoms with Crippen molar-refractivity contribution in [3.63, 3.8) is 0 Å². The number of amides is 1. The van der Waals surface area contributed by atoms with Crippen LogP contribution in [0.3, 0.4) is 0 Å². The predicted molar refractivity (Wildman–Crippen MR) is 108 cm³/mol. The van der Waals surface area contributed by atoms with Gasteiger partial charge < -0.3 is 15.4 Å². The molecule has 0 aliphatic carbocycles. The number of esters is 1. The van der Waals surface area contributed by atoms with Crippen molar-refractivity contribution in [2.75, 3.05) is 17.2 Å². The Morgan fingerprint density at radius 2 is 1.73 bits per heavy atom. The molecule has 0 spiro atoms. The van der Waals surface area contributed by atoms with E-state index in [1.807, 2.05) is 30.3 Å². The van der Waals surface area contributed by atoms with Crippen molar-refractivity contribution in [1.82, 2.24) is 0 Å². The highest BCUT2D eigenvalue weighted by atomic mass is 127. The molecule has 0 fully saturated rings. The van der Waals surface area contributed by atoms with Crippen LogP contribution in [0, 0.1) is 14.9 Å². The molecule has 26 heavy (non-hydrogen) atoms. The molecule has 7 heteroatoms. The van der Waals surface area contributed by atoms with Crippen molar-refractivity contribution in [3.05, 3.63) is 69.4 Å². The zero-order chi connectivity index (χ0) is 18.9. The van der Waals surface area contributed by atoms with Crippen molar-refractivity contribution in [2.24, 2.45) is 0 Å². The van der Waals surface area contributed by atoms with E-state index < -0.39 is 11.9 Å². The maximum absolute atomic E-state index is 12.2. The fraction of sp³-hybridized carbons (Fsp3) is 0.105. The Hall–Kier alpha value is -2.86. The number of rotatable bonds is 6. The lowest BCUT2D eigenvalue weighted by molar-refractivity contribution is -0.112. The third-order valence-electron chi connectivity index (χ3n) is 3.25. The lowest BCUT2D eigenvalue weighted by Crippen LogP contribution is -2.14. The number of carbonyl (C=O) groups is 2. The van der Waals surface area contributed by atoms with Gasteiger partial charge in [-0.3, -0.25) is 4.79 Å². The molecule has 6 nitrogen and oxygen atoms in total. The summed E-state index contributed by atoms with van der Waals surface area (Å²) in [6.45, 7) is 2.02. The lowest BCUT2D eigenvalue weighted by atomic mass is 10.2. The van der Waals surface area contributed by atoms with E-state index in [1.54, 1.807) is 31.2 Å². The van der Waals surface area contributed by atoms with Crippen LogP contribution in [0.5, 0.6) is 0 Å². The maximum atomic E-state index is 12.2. The second-order valence-corrected chi connectivity index (χ2v) is 6.32. The molecule has 2 rings (SSSR count). The summed E-state index contributed by atoms with van der Waals surface area (Å²) in [5, 5.41) is 14.7. The summed E-state index contributed by atoms with van der Waals surface area (Å²) in [6.07, 6.45) is 1.35. The number of carbonyl (C=O) groups excluding carboxylic acids is 2. The Bertz CT molecular complexity index is 853. The Labute approximate surface area is 165 Å². The first-order valence-electron chi connectivity index (χ1n) is 7.74. The van der Waals surface area contributed by atoms with Crippen LogP contribution in [0.2, 0.25) is 0 Å². The number of hydrogen-bond donors (Lipinski definition) is 2. The minimum Gasteiger partial charge on any atom is -0.462 e. The van der Waals surface area contributed by atoms with Crippen LogP contribution in [-0.2, 0) is 9.53 Å². The Kier molecular flexibility index (Phi) is 7.17. The van der Waals surface area contributed by atoms with Crippen LogP contribution >= 0.6 is 22.6 Å². The SMILES string of the molecule is CCOC(=O)c1ccc(NC(=O)/C(C#N)=C\Nc2ccc(I)cc2)cc1. The number of nitrogens with one attached hydrogen (secondary N) is 2. The molecule has 0 saturated carbocycles. The van der Waals surface area contributed by atoms with Gasteiger partial charge in [-0.05, 0) is 78.0 Å². The summed E-state index contributed by atoms with van der Waals surface area (Å²) in [5.41, 5.74) is 1.56. The second kappa shape index (κ2) is 9.58. The molecule has 0 aromatic heterocycles. The first-order valence-corrected chi connectivity index (χ1v) is 8.82. The van der Waals surface area contributed by atoms with Crippen LogP contribution in [-0.4, -0.2) is 18.5 Å². The van der Waals surface area contributed by atoms with Crippen molar-refractivity contribution >= 4 is 45.8 Å². The Morgan fingerprint density at radius 3 is 2.31 bits per heavy atom. The number of anilines is 2. The van der Waals surface area contributed by atoms with E-state index in [4.69, 9.17) is 4.74 Å². The predicted octanol–water partition coefficient (Wildman–Crippen LogP) is 3.93. The highest BCUT2D eigenvalue weighted by Crippen LogP contribution is 2.13. The minimum atomic E-state index is -0.547. The largest absolute Gasteiger partial charge is 0.462 e. The zero-order valence-corrected chi connectivity index (χ0v) is 16.1.